The lowest BCUT2D eigenvalue weighted by Crippen LogP contribution is -2.46. The molecule has 1 atom stereocenters. The van der Waals surface area contributed by atoms with E-state index < -0.39 is 16.7 Å². The van der Waals surface area contributed by atoms with E-state index in [0.717, 1.165) is 23.8 Å². The second kappa shape index (κ2) is 11.5. The predicted octanol–water partition coefficient (Wildman–Crippen LogP) is 9.24. The molecule has 0 saturated heterocycles. The van der Waals surface area contributed by atoms with E-state index >= 15 is 0 Å². The van der Waals surface area contributed by atoms with Crippen molar-refractivity contribution in [2.24, 2.45) is 0 Å². The third-order valence-electron chi connectivity index (χ3n) is 9.10. The van der Waals surface area contributed by atoms with Gasteiger partial charge in [-0.15, -0.1) is 0 Å². The third-order valence-corrected chi connectivity index (χ3v) is 14.7. The van der Waals surface area contributed by atoms with Crippen molar-refractivity contribution >= 4 is 53.9 Å². The fourth-order valence-corrected chi connectivity index (χ4v) is 12.9. The predicted molar refractivity (Wildman–Crippen MR) is 193 cm³/mol. The van der Waals surface area contributed by atoms with E-state index in [9.17, 15) is 0 Å². The van der Waals surface area contributed by atoms with Crippen LogP contribution in [0.15, 0.2) is 152 Å². The van der Waals surface area contributed by atoms with Gasteiger partial charge in [0.2, 0.25) is 0 Å². The van der Waals surface area contributed by atoms with Crippen LogP contribution in [0.3, 0.4) is 0 Å². The van der Waals surface area contributed by atoms with Crippen LogP contribution in [0.25, 0.3) is 32.7 Å². The average Bonchev–Trinajstić information content (AvgIpc) is 3.26. The van der Waals surface area contributed by atoms with Gasteiger partial charge < -0.3 is 4.74 Å². The maximum atomic E-state index is 6.47. The fraction of sp³-hybridized carbons (Fsp3) is 0.0732. The molecule has 0 aromatic heterocycles. The minimum atomic E-state index is -1.59. The molecular formula is C41H33OPSi. The zero-order valence-electron chi connectivity index (χ0n) is 24.8. The van der Waals surface area contributed by atoms with Gasteiger partial charge in [0.1, 0.15) is 20.3 Å². The minimum Gasteiger partial charge on any atom is -0.458 e. The van der Waals surface area contributed by atoms with Gasteiger partial charge in [-0.3, -0.25) is 0 Å². The largest absolute Gasteiger partial charge is 0.458 e. The molecule has 0 bridgehead atoms. The van der Waals surface area contributed by atoms with E-state index in [2.05, 4.69) is 128 Å². The molecule has 0 N–H and O–H groups in total. The first kappa shape index (κ1) is 27.1. The lowest BCUT2D eigenvalue weighted by atomic mass is 9.88. The maximum Gasteiger partial charge on any atom is 0.127 e. The molecule has 0 fully saturated rings. The van der Waals surface area contributed by atoms with Gasteiger partial charge >= 0.3 is 0 Å². The zero-order valence-corrected chi connectivity index (χ0v) is 26.8. The Balaban J connectivity index is 1.27. The Morgan fingerprint density at radius 3 is 1.68 bits per heavy atom. The number of hydrogen-bond acceptors (Lipinski definition) is 1. The van der Waals surface area contributed by atoms with E-state index in [-0.39, 0.29) is 0 Å². The second-order valence-corrected chi connectivity index (χ2v) is 16.6. The van der Waals surface area contributed by atoms with Crippen molar-refractivity contribution in [2.45, 2.75) is 18.9 Å². The van der Waals surface area contributed by atoms with Gasteiger partial charge in [0.15, 0.2) is 0 Å². The highest BCUT2D eigenvalue weighted by Gasteiger charge is 2.28. The van der Waals surface area contributed by atoms with E-state index in [1.54, 1.807) is 5.30 Å². The Morgan fingerprint density at radius 1 is 0.500 bits per heavy atom. The normalized spacial score (nSPS) is 13.7. The van der Waals surface area contributed by atoms with Crippen LogP contribution in [0.2, 0.25) is 6.55 Å². The number of para-hydroxylation sites is 2. The van der Waals surface area contributed by atoms with Crippen LogP contribution in [-0.2, 0) is 12.3 Å². The van der Waals surface area contributed by atoms with Gasteiger partial charge in [-0.25, -0.2) is 0 Å². The highest BCUT2D eigenvalue weighted by Crippen LogP contribution is 2.52. The van der Waals surface area contributed by atoms with Crippen molar-refractivity contribution in [1.82, 2.24) is 0 Å². The molecule has 1 nitrogen and oxygen atoms in total. The van der Waals surface area contributed by atoms with E-state index in [1.807, 2.05) is 30.3 Å². The molecule has 0 saturated carbocycles. The van der Waals surface area contributed by atoms with Gasteiger partial charge in [-0.05, 0) is 84.8 Å². The lowest BCUT2D eigenvalue weighted by Gasteiger charge is -2.24. The van der Waals surface area contributed by atoms with Crippen molar-refractivity contribution in [3.05, 3.63) is 163 Å². The second-order valence-electron chi connectivity index (χ2n) is 11.7. The van der Waals surface area contributed by atoms with Crippen molar-refractivity contribution < 1.29 is 4.74 Å². The Bertz CT molecular complexity index is 2050. The van der Waals surface area contributed by atoms with E-state index in [1.165, 1.54) is 54.2 Å². The monoisotopic (exact) mass is 600 g/mol. The van der Waals surface area contributed by atoms with Gasteiger partial charge in [0.25, 0.3) is 0 Å². The Kier molecular flexibility index (Phi) is 7.10. The Morgan fingerprint density at radius 2 is 1.02 bits per heavy atom. The first-order valence-corrected chi connectivity index (χ1v) is 19.4. The average molecular weight is 601 g/mol. The van der Waals surface area contributed by atoms with Crippen molar-refractivity contribution in [1.29, 1.82) is 0 Å². The van der Waals surface area contributed by atoms with E-state index in [0.29, 0.717) is 0 Å². The van der Waals surface area contributed by atoms with Crippen LogP contribution in [0, 0.1) is 0 Å². The molecule has 8 rings (SSSR count). The van der Waals surface area contributed by atoms with Crippen LogP contribution < -0.4 is 20.4 Å². The molecule has 7 aromatic carbocycles. The SMILES string of the molecule is C[Si@H](c1ccccc1Oc1ccccc1)c1ccccc1P1Cc2ccc3ccccc3c2-c2c(ccc3ccccc23)C1. The Hall–Kier alpha value is -4.49. The summed E-state index contributed by atoms with van der Waals surface area (Å²) in [5.41, 5.74) is 5.82. The van der Waals surface area contributed by atoms with Gasteiger partial charge in [-0.2, -0.15) is 0 Å². The van der Waals surface area contributed by atoms with E-state index in [4.69, 9.17) is 4.74 Å². The molecule has 0 spiro atoms. The van der Waals surface area contributed by atoms with Crippen LogP contribution in [0.1, 0.15) is 11.1 Å². The number of benzene rings is 7. The molecule has 1 aliphatic rings. The molecule has 0 aliphatic carbocycles. The number of ether oxygens (including phenoxy) is 1. The molecule has 0 unspecified atom stereocenters. The smallest absolute Gasteiger partial charge is 0.127 e. The molecule has 3 heteroatoms. The topological polar surface area (TPSA) is 9.23 Å². The van der Waals surface area contributed by atoms with Crippen LogP contribution in [-0.4, -0.2) is 8.80 Å². The summed E-state index contributed by atoms with van der Waals surface area (Å²) < 4.78 is 6.47. The molecular weight excluding hydrogens is 568 g/mol. The van der Waals surface area contributed by atoms with Gasteiger partial charge in [0, 0.05) is 0 Å². The van der Waals surface area contributed by atoms with Crippen molar-refractivity contribution in [3.8, 4) is 22.6 Å². The summed E-state index contributed by atoms with van der Waals surface area (Å²) in [5, 5.41) is 9.79. The summed E-state index contributed by atoms with van der Waals surface area (Å²) in [6, 6.07) is 55.5. The van der Waals surface area contributed by atoms with Gasteiger partial charge in [0.05, 0.1) is 0 Å². The number of hydrogen-bond donors (Lipinski definition) is 0. The lowest BCUT2D eigenvalue weighted by molar-refractivity contribution is 0.486. The minimum absolute atomic E-state index is 0.485. The Labute approximate surface area is 262 Å². The van der Waals surface area contributed by atoms with Crippen LogP contribution in [0.4, 0.5) is 0 Å². The molecule has 7 aromatic rings. The first-order valence-electron chi connectivity index (χ1n) is 15.4. The third kappa shape index (κ3) is 4.85. The summed E-state index contributed by atoms with van der Waals surface area (Å²) in [6.45, 7) is 2.47. The molecule has 212 valence electrons. The first-order chi connectivity index (χ1) is 21.7. The molecule has 1 aliphatic heterocycles. The highest BCUT2D eigenvalue weighted by molar-refractivity contribution is 7.64. The summed E-state index contributed by atoms with van der Waals surface area (Å²) in [5.74, 6) is 1.87. The summed E-state index contributed by atoms with van der Waals surface area (Å²) in [4.78, 5) is 0. The van der Waals surface area contributed by atoms with Gasteiger partial charge in [-0.1, -0.05) is 153 Å². The summed E-state index contributed by atoms with van der Waals surface area (Å²) in [7, 11) is -2.07. The number of rotatable bonds is 5. The highest BCUT2D eigenvalue weighted by atomic mass is 31.1. The molecule has 0 amide bonds. The van der Waals surface area contributed by atoms with Crippen molar-refractivity contribution in [2.75, 3.05) is 0 Å². The molecule has 44 heavy (non-hydrogen) atoms. The maximum absolute atomic E-state index is 6.47. The van der Waals surface area contributed by atoms with Crippen LogP contribution >= 0.6 is 7.92 Å². The van der Waals surface area contributed by atoms with Crippen LogP contribution in [0.5, 0.6) is 11.5 Å². The summed E-state index contributed by atoms with van der Waals surface area (Å²) in [6.07, 6.45) is 2.16. The van der Waals surface area contributed by atoms with Crippen molar-refractivity contribution in [3.63, 3.8) is 0 Å². The standard InChI is InChI=1S/C41H33OPSi/c1-44(38-21-11-9-19-36(38)42-33-15-3-2-4-16-33)39-22-12-10-20-37(39)43-27-31-25-23-29-13-5-7-17-34(29)40(31)41-32(28-43)26-24-30-14-6-8-18-35(30)41/h2-26,44H,27-28H2,1H3/t44-/m1/s1. The quantitative estimate of drug-likeness (QED) is 0.141. The zero-order chi connectivity index (χ0) is 29.5. The number of fused-ring (bicyclic) bond motifs is 7. The molecule has 0 radical (unpaired) electrons. The summed E-state index contributed by atoms with van der Waals surface area (Å²) >= 11 is 0. The fourth-order valence-electron chi connectivity index (χ4n) is 6.98. The molecule has 1 heterocycles.